The van der Waals surface area contributed by atoms with Gasteiger partial charge < -0.3 is 19.8 Å². The average molecular weight is 445 g/mol. The van der Waals surface area contributed by atoms with E-state index in [4.69, 9.17) is 16.1 Å². The van der Waals surface area contributed by atoms with Crippen molar-refractivity contribution in [2.24, 2.45) is 5.92 Å². The average Bonchev–Trinajstić information content (AvgIpc) is 3.23. The Balaban J connectivity index is 1.47. The minimum atomic E-state index is -1.05. The Labute approximate surface area is 184 Å². The maximum absolute atomic E-state index is 11.4. The second-order valence-electron chi connectivity index (χ2n) is 8.15. The van der Waals surface area contributed by atoms with Crippen LogP contribution < -0.4 is 10.2 Å². The third-order valence-corrected chi connectivity index (χ3v) is 6.00. The molecule has 1 aliphatic heterocycles. The van der Waals surface area contributed by atoms with Crippen LogP contribution in [0.3, 0.4) is 0 Å². The number of anilines is 1. The fraction of sp³-hybridized carbons (Fsp3) is 0.476. The second kappa shape index (κ2) is 9.05. The highest BCUT2D eigenvalue weighted by Gasteiger charge is 2.30. The first-order valence-electron chi connectivity index (χ1n) is 10.4. The Kier molecular flexibility index (Phi) is 6.22. The number of amides is 1. The van der Waals surface area contributed by atoms with E-state index in [0.29, 0.717) is 23.3 Å². The molecule has 31 heavy (non-hydrogen) atoms. The maximum atomic E-state index is 11.4. The third kappa shape index (κ3) is 4.71. The molecular formula is C21H25ClN6O3. The van der Waals surface area contributed by atoms with E-state index in [9.17, 15) is 9.90 Å². The summed E-state index contributed by atoms with van der Waals surface area (Å²) < 4.78 is 5.27. The van der Waals surface area contributed by atoms with Crippen LogP contribution in [0.2, 0.25) is 5.15 Å². The zero-order chi connectivity index (χ0) is 22.0. The van der Waals surface area contributed by atoms with E-state index in [1.807, 2.05) is 38.1 Å². The number of aromatic nitrogens is 4. The van der Waals surface area contributed by atoms with E-state index in [2.05, 4.69) is 30.6 Å². The molecule has 164 valence electrons. The van der Waals surface area contributed by atoms with E-state index in [0.717, 1.165) is 42.5 Å². The Hall–Kier alpha value is -2.94. The van der Waals surface area contributed by atoms with Gasteiger partial charge >= 0.3 is 6.09 Å². The van der Waals surface area contributed by atoms with Gasteiger partial charge in [0.1, 0.15) is 0 Å². The number of nitrogens with zero attached hydrogens (tertiary/aromatic N) is 5. The minimum absolute atomic E-state index is 0.130. The van der Waals surface area contributed by atoms with Crippen molar-refractivity contribution in [3.05, 3.63) is 41.1 Å². The van der Waals surface area contributed by atoms with Crippen molar-refractivity contribution in [1.82, 2.24) is 25.7 Å². The number of fused-ring (bicyclic) bond motifs is 1. The van der Waals surface area contributed by atoms with Gasteiger partial charge in [0, 0.05) is 42.2 Å². The molecule has 2 N–H and O–H groups in total. The van der Waals surface area contributed by atoms with Gasteiger partial charge in [0.15, 0.2) is 16.8 Å². The molecule has 0 aliphatic carbocycles. The first kappa shape index (κ1) is 21.3. The molecule has 1 aliphatic rings. The van der Waals surface area contributed by atoms with Gasteiger partial charge in [0.25, 0.3) is 0 Å². The number of hydrogen-bond acceptors (Lipinski definition) is 7. The first-order valence-corrected chi connectivity index (χ1v) is 10.8. The molecule has 10 heteroatoms. The van der Waals surface area contributed by atoms with Gasteiger partial charge in [-0.25, -0.2) is 4.79 Å². The van der Waals surface area contributed by atoms with Crippen LogP contribution in [0.4, 0.5) is 10.6 Å². The molecule has 9 nitrogen and oxygen atoms in total. The summed E-state index contributed by atoms with van der Waals surface area (Å²) in [5, 5.41) is 26.7. The lowest BCUT2D eigenvalue weighted by Crippen LogP contribution is -2.46. The third-order valence-electron chi connectivity index (χ3n) is 5.72. The summed E-state index contributed by atoms with van der Waals surface area (Å²) in [5.74, 6) is 2.18. The van der Waals surface area contributed by atoms with Crippen LogP contribution in [0.5, 0.6) is 0 Å². The Morgan fingerprint density at radius 2 is 1.97 bits per heavy atom. The molecule has 0 spiro atoms. The van der Waals surface area contributed by atoms with Gasteiger partial charge in [-0.15, -0.1) is 10.2 Å². The Bertz CT molecular complexity index is 1060. The summed E-state index contributed by atoms with van der Waals surface area (Å²) in [6.45, 7) is 5.44. The molecule has 3 aromatic rings. The van der Waals surface area contributed by atoms with Gasteiger partial charge in [-0.05, 0) is 18.8 Å². The van der Waals surface area contributed by atoms with Crippen LogP contribution in [-0.2, 0) is 6.42 Å². The van der Waals surface area contributed by atoms with E-state index < -0.39 is 6.09 Å². The van der Waals surface area contributed by atoms with Crippen LogP contribution in [0.25, 0.3) is 10.8 Å². The second-order valence-corrected chi connectivity index (χ2v) is 8.51. The lowest BCUT2D eigenvalue weighted by atomic mass is 9.87. The molecule has 3 heterocycles. The molecule has 1 saturated heterocycles. The fourth-order valence-corrected chi connectivity index (χ4v) is 4.28. The smallest absolute Gasteiger partial charge is 0.404 e. The van der Waals surface area contributed by atoms with Crippen molar-refractivity contribution < 1.29 is 14.4 Å². The summed E-state index contributed by atoms with van der Waals surface area (Å²) in [6, 6.07) is 7.53. The lowest BCUT2D eigenvalue weighted by molar-refractivity contribution is 0.180. The summed E-state index contributed by atoms with van der Waals surface area (Å²) >= 11 is 6.20. The fourth-order valence-electron chi connectivity index (χ4n) is 4.08. The molecule has 1 unspecified atom stereocenters. The van der Waals surface area contributed by atoms with Crippen molar-refractivity contribution >= 4 is 34.3 Å². The van der Waals surface area contributed by atoms with Crippen LogP contribution in [0.15, 0.2) is 28.8 Å². The van der Waals surface area contributed by atoms with Crippen molar-refractivity contribution in [1.29, 1.82) is 0 Å². The van der Waals surface area contributed by atoms with Gasteiger partial charge in [-0.1, -0.05) is 54.9 Å². The number of halogens is 1. The van der Waals surface area contributed by atoms with Crippen molar-refractivity contribution in [3.8, 4) is 0 Å². The molecule has 0 bridgehead atoms. The highest BCUT2D eigenvalue weighted by atomic mass is 35.5. The molecule has 2 aromatic heterocycles. The normalized spacial score (nSPS) is 16.1. The van der Waals surface area contributed by atoms with Gasteiger partial charge in [0.2, 0.25) is 5.89 Å². The maximum Gasteiger partial charge on any atom is 0.404 e. The highest BCUT2D eigenvalue weighted by molar-refractivity contribution is 6.34. The summed E-state index contributed by atoms with van der Waals surface area (Å²) in [7, 11) is 0. The number of carbonyl (C=O) groups is 1. The molecule has 1 fully saturated rings. The quantitative estimate of drug-likeness (QED) is 0.588. The predicted octanol–water partition coefficient (Wildman–Crippen LogP) is 3.88. The number of rotatable bonds is 6. The van der Waals surface area contributed by atoms with Gasteiger partial charge in [-0.3, -0.25) is 0 Å². The molecule has 1 aromatic carbocycles. The first-order chi connectivity index (χ1) is 14.9. The predicted molar refractivity (Wildman–Crippen MR) is 117 cm³/mol. The zero-order valence-corrected chi connectivity index (χ0v) is 18.2. The van der Waals surface area contributed by atoms with Crippen molar-refractivity contribution in [2.45, 2.75) is 45.1 Å². The topological polar surface area (TPSA) is 117 Å². The number of nitrogens with one attached hydrogen (secondary N) is 1. The van der Waals surface area contributed by atoms with Crippen molar-refractivity contribution in [3.63, 3.8) is 0 Å². The summed E-state index contributed by atoms with van der Waals surface area (Å²) in [4.78, 5) is 18.0. The molecule has 1 amide bonds. The monoisotopic (exact) mass is 444 g/mol. The largest absolute Gasteiger partial charge is 0.465 e. The number of carboxylic acid groups (broad SMARTS) is 1. The molecule has 1 atom stereocenters. The molecule has 0 saturated carbocycles. The van der Waals surface area contributed by atoms with E-state index in [-0.39, 0.29) is 17.9 Å². The minimum Gasteiger partial charge on any atom is -0.465 e. The highest BCUT2D eigenvalue weighted by Crippen LogP contribution is 2.32. The number of piperidine rings is 1. The van der Waals surface area contributed by atoms with Crippen LogP contribution in [0, 0.1) is 5.92 Å². The lowest BCUT2D eigenvalue weighted by Gasteiger charge is -2.36. The molecule has 0 radical (unpaired) electrons. The summed E-state index contributed by atoms with van der Waals surface area (Å²) in [5.41, 5.74) is 0. The zero-order valence-electron chi connectivity index (χ0n) is 17.5. The standard InChI is InChI=1S/C21H25ClN6O3/c1-12(2)20-24-17(27-31-20)11-16(23-21(29)30)13-7-9-28(10-8-13)19-15-6-4-3-5-14(15)18(22)25-26-19/h3-6,12-13,16,23H,7-11H2,1-2H3,(H,29,30). The van der Waals surface area contributed by atoms with E-state index >= 15 is 0 Å². The van der Waals surface area contributed by atoms with Gasteiger partial charge in [0.05, 0.1) is 0 Å². The van der Waals surface area contributed by atoms with E-state index in [1.54, 1.807) is 0 Å². The van der Waals surface area contributed by atoms with Crippen LogP contribution >= 0.6 is 11.6 Å². The molecule has 4 rings (SSSR count). The Morgan fingerprint density at radius 3 is 2.61 bits per heavy atom. The Morgan fingerprint density at radius 1 is 1.26 bits per heavy atom. The summed E-state index contributed by atoms with van der Waals surface area (Å²) in [6.07, 6.45) is 0.961. The molecular weight excluding hydrogens is 420 g/mol. The number of hydrogen-bond donors (Lipinski definition) is 2. The van der Waals surface area contributed by atoms with Crippen molar-refractivity contribution in [2.75, 3.05) is 18.0 Å². The van der Waals surface area contributed by atoms with Crippen LogP contribution in [-0.4, -0.2) is 50.7 Å². The van der Waals surface area contributed by atoms with E-state index in [1.165, 1.54) is 0 Å². The SMILES string of the molecule is CC(C)c1nc(CC(NC(=O)O)C2CCN(c3nnc(Cl)c4ccccc34)CC2)no1. The van der Waals surface area contributed by atoms with Crippen LogP contribution in [0.1, 0.15) is 44.3 Å². The number of benzene rings is 1. The van der Waals surface area contributed by atoms with Gasteiger partial charge in [-0.2, -0.15) is 4.98 Å².